The average molecular weight is 376 g/mol. The van der Waals surface area contributed by atoms with Gasteiger partial charge < -0.3 is 19.5 Å². The lowest BCUT2D eigenvalue weighted by Gasteiger charge is -2.19. The van der Waals surface area contributed by atoms with Crippen molar-refractivity contribution in [2.45, 2.75) is 19.4 Å². The third-order valence-corrected chi connectivity index (χ3v) is 4.00. The normalized spacial score (nSPS) is 13.6. The highest BCUT2D eigenvalue weighted by atomic mass is 35.5. The fraction of sp³-hybridized carbons (Fsp3) is 0.263. The van der Waals surface area contributed by atoms with Crippen LogP contribution < -0.4 is 14.8 Å². The smallest absolute Gasteiger partial charge is 0.311 e. The number of esters is 1. The molecule has 136 valence electrons. The molecule has 0 bridgehead atoms. The summed E-state index contributed by atoms with van der Waals surface area (Å²) in [5.74, 6) is 0.349. The molecule has 0 spiro atoms. The summed E-state index contributed by atoms with van der Waals surface area (Å²) < 4.78 is 16.1. The van der Waals surface area contributed by atoms with E-state index in [4.69, 9.17) is 25.8 Å². The summed E-state index contributed by atoms with van der Waals surface area (Å²) in [6.45, 7) is 2.50. The van der Waals surface area contributed by atoms with Crippen LogP contribution in [0.4, 0.5) is 5.69 Å². The minimum Gasteiger partial charge on any atom is -0.486 e. The Morgan fingerprint density at radius 3 is 2.54 bits per heavy atom. The van der Waals surface area contributed by atoms with Gasteiger partial charge in [0.15, 0.2) is 17.6 Å². The van der Waals surface area contributed by atoms with Crippen LogP contribution in [0.1, 0.15) is 12.5 Å². The molecule has 1 atom stereocenters. The Labute approximate surface area is 156 Å². The molecule has 0 aromatic heterocycles. The summed E-state index contributed by atoms with van der Waals surface area (Å²) in [7, 11) is 0. The van der Waals surface area contributed by atoms with Crippen LogP contribution in [0.15, 0.2) is 42.5 Å². The number of fused-ring (bicyclic) bond motifs is 1. The van der Waals surface area contributed by atoms with E-state index in [-0.39, 0.29) is 6.42 Å². The predicted octanol–water partition coefficient (Wildman–Crippen LogP) is 3.22. The lowest BCUT2D eigenvalue weighted by Crippen LogP contribution is -2.30. The Kier molecular flexibility index (Phi) is 5.63. The Morgan fingerprint density at radius 2 is 1.81 bits per heavy atom. The van der Waals surface area contributed by atoms with Crippen LogP contribution in [-0.4, -0.2) is 31.2 Å². The molecule has 26 heavy (non-hydrogen) atoms. The number of nitrogens with one attached hydrogen (secondary N) is 1. The summed E-state index contributed by atoms with van der Waals surface area (Å²) >= 11 is 5.80. The van der Waals surface area contributed by atoms with E-state index in [1.54, 1.807) is 42.5 Å². The topological polar surface area (TPSA) is 73.9 Å². The van der Waals surface area contributed by atoms with Gasteiger partial charge >= 0.3 is 5.97 Å². The molecular weight excluding hydrogens is 358 g/mol. The first-order chi connectivity index (χ1) is 12.5. The van der Waals surface area contributed by atoms with E-state index in [9.17, 15) is 9.59 Å². The quantitative estimate of drug-likeness (QED) is 0.812. The Bertz CT molecular complexity index is 806. The summed E-state index contributed by atoms with van der Waals surface area (Å²) in [4.78, 5) is 24.2. The minimum absolute atomic E-state index is 0.0369. The van der Waals surface area contributed by atoms with Gasteiger partial charge in [0.05, 0.1) is 6.42 Å². The van der Waals surface area contributed by atoms with Crippen molar-refractivity contribution in [3.8, 4) is 11.5 Å². The summed E-state index contributed by atoms with van der Waals surface area (Å²) in [5.41, 5.74) is 1.30. The molecule has 1 heterocycles. The second kappa shape index (κ2) is 8.10. The monoisotopic (exact) mass is 375 g/mol. The zero-order valence-corrected chi connectivity index (χ0v) is 14.9. The Morgan fingerprint density at radius 1 is 1.12 bits per heavy atom. The number of carbonyl (C=O) groups is 2. The molecule has 0 radical (unpaired) electrons. The van der Waals surface area contributed by atoms with Gasteiger partial charge in [-0.2, -0.15) is 0 Å². The van der Waals surface area contributed by atoms with E-state index in [2.05, 4.69) is 5.32 Å². The van der Waals surface area contributed by atoms with Crippen LogP contribution in [0.2, 0.25) is 5.02 Å². The second-order valence-electron chi connectivity index (χ2n) is 5.78. The summed E-state index contributed by atoms with van der Waals surface area (Å²) in [6.07, 6.45) is -0.884. The molecule has 1 aliphatic rings. The standard InChI is InChI=1S/C19H18ClNO5/c1-12(19(23)21-15-5-3-14(20)4-6-15)26-18(22)11-13-2-7-16-17(10-13)25-9-8-24-16/h2-7,10,12H,8-9,11H2,1H3,(H,21,23)/t12-/m1/s1. The molecule has 0 fully saturated rings. The summed E-state index contributed by atoms with van der Waals surface area (Å²) in [6, 6.07) is 11.9. The number of hydrogen-bond donors (Lipinski definition) is 1. The number of amides is 1. The fourth-order valence-corrected chi connectivity index (χ4v) is 2.56. The number of rotatable bonds is 5. The van der Waals surface area contributed by atoms with Crippen LogP contribution >= 0.6 is 11.6 Å². The van der Waals surface area contributed by atoms with Crippen molar-refractivity contribution in [3.05, 3.63) is 53.1 Å². The molecule has 0 saturated heterocycles. The van der Waals surface area contributed by atoms with E-state index in [1.807, 2.05) is 0 Å². The van der Waals surface area contributed by atoms with Crippen LogP contribution in [0.25, 0.3) is 0 Å². The van der Waals surface area contributed by atoms with Gasteiger partial charge in [0, 0.05) is 10.7 Å². The van der Waals surface area contributed by atoms with Crippen LogP contribution in [0, 0.1) is 0 Å². The van der Waals surface area contributed by atoms with Gasteiger partial charge in [-0.25, -0.2) is 0 Å². The average Bonchev–Trinajstić information content (AvgIpc) is 2.63. The number of hydrogen-bond acceptors (Lipinski definition) is 5. The maximum atomic E-state index is 12.1. The van der Waals surface area contributed by atoms with Crippen molar-refractivity contribution < 1.29 is 23.8 Å². The molecule has 2 aromatic rings. The van der Waals surface area contributed by atoms with Crippen LogP contribution in [-0.2, 0) is 20.7 Å². The fourth-order valence-electron chi connectivity index (χ4n) is 2.43. The van der Waals surface area contributed by atoms with Crippen molar-refractivity contribution in [3.63, 3.8) is 0 Å². The van der Waals surface area contributed by atoms with Crippen molar-refractivity contribution in [2.24, 2.45) is 0 Å². The number of benzene rings is 2. The molecule has 2 aromatic carbocycles. The second-order valence-corrected chi connectivity index (χ2v) is 6.22. The van der Waals surface area contributed by atoms with Crippen molar-refractivity contribution in [1.82, 2.24) is 0 Å². The maximum absolute atomic E-state index is 12.1. The molecule has 3 rings (SSSR count). The van der Waals surface area contributed by atoms with Crippen molar-refractivity contribution in [1.29, 1.82) is 0 Å². The maximum Gasteiger partial charge on any atom is 0.311 e. The lowest BCUT2D eigenvalue weighted by atomic mass is 10.1. The number of halogens is 1. The van der Waals surface area contributed by atoms with E-state index >= 15 is 0 Å². The van der Waals surface area contributed by atoms with Gasteiger partial charge in [-0.15, -0.1) is 0 Å². The molecule has 1 N–H and O–H groups in total. The van der Waals surface area contributed by atoms with Gasteiger partial charge in [-0.3, -0.25) is 9.59 Å². The lowest BCUT2D eigenvalue weighted by molar-refractivity contribution is -0.152. The SMILES string of the molecule is C[C@@H](OC(=O)Cc1ccc2c(c1)OCCO2)C(=O)Nc1ccc(Cl)cc1. The molecule has 0 aliphatic carbocycles. The predicted molar refractivity (Wildman–Crippen MR) is 96.8 cm³/mol. The number of ether oxygens (including phenoxy) is 3. The van der Waals surface area contributed by atoms with Gasteiger partial charge in [-0.1, -0.05) is 17.7 Å². The first-order valence-corrected chi connectivity index (χ1v) is 8.53. The molecule has 1 amide bonds. The van der Waals surface area contributed by atoms with E-state index in [0.29, 0.717) is 35.4 Å². The molecule has 0 saturated carbocycles. The van der Waals surface area contributed by atoms with Gasteiger partial charge in [-0.05, 0) is 48.9 Å². The Balaban J connectivity index is 1.53. The first-order valence-electron chi connectivity index (χ1n) is 8.16. The van der Waals surface area contributed by atoms with E-state index in [0.717, 1.165) is 5.56 Å². The highest BCUT2D eigenvalue weighted by Crippen LogP contribution is 2.30. The van der Waals surface area contributed by atoms with Crippen LogP contribution in [0.3, 0.4) is 0 Å². The molecule has 0 unspecified atom stereocenters. The highest BCUT2D eigenvalue weighted by Gasteiger charge is 2.19. The first kappa shape index (κ1) is 18.1. The molecule has 1 aliphatic heterocycles. The number of anilines is 1. The van der Waals surface area contributed by atoms with Crippen molar-refractivity contribution in [2.75, 3.05) is 18.5 Å². The van der Waals surface area contributed by atoms with Gasteiger partial charge in [0.2, 0.25) is 0 Å². The highest BCUT2D eigenvalue weighted by molar-refractivity contribution is 6.30. The third kappa shape index (κ3) is 4.67. The van der Waals surface area contributed by atoms with Gasteiger partial charge in [0.1, 0.15) is 13.2 Å². The summed E-state index contributed by atoms with van der Waals surface area (Å²) in [5, 5.41) is 3.24. The zero-order valence-electron chi connectivity index (χ0n) is 14.2. The van der Waals surface area contributed by atoms with Crippen molar-refractivity contribution >= 4 is 29.2 Å². The van der Waals surface area contributed by atoms with E-state index in [1.165, 1.54) is 6.92 Å². The molecule has 7 heteroatoms. The minimum atomic E-state index is -0.921. The Hall–Kier alpha value is -2.73. The van der Waals surface area contributed by atoms with Crippen LogP contribution in [0.5, 0.6) is 11.5 Å². The molecule has 6 nitrogen and oxygen atoms in total. The zero-order chi connectivity index (χ0) is 18.5. The van der Waals surface area contributed by atoms with Gasteiger partial charge in [0.25, 0.3) is 5.91 Å². The largest absolute Gasteiger partial charge is 0.486 e. The molecular formula is C19H18ClNO5. The van der Waals surface area contributed by atoms with E-state index < -0.39 is 18.0 Å². The number of carbonyl (C=O) groups excluding carboxylic acids is 2. The third-order valence-electron chi connectivity index (χ3n) is 3.74.